The van der Waals surface area contributed by atoms with Crippen molar-refractivity contribution in [1.82, 2.24) is 0 Å². The molecule has 1 N–H and O–H groups in total. The van der Waals surface area contributed by atoms with Gasteiger partial charge in [0.15, 0.2) is 0 Å². The summed E-state index contributed by atoms with van der Waals surface area (Å²) in [6.45, 7) is 0.472. The number of halogens is 12. The van der Waals surface area contributed by atoms with E-state index in [-0.39, 0.29) is 51.5 Å². The Bertz CT molecular complexity index is 2450. The van der Waals surface area contributed by atoms with E-state index in [0.29, 0.717) is 71.0 Å². The van der Waals surface area contributed by atoms with Crippen LogP contribution >= 0.6 is 47.0 Å². The number of para-hydroxylation sites is 1. The summed E-state index contributed by atoms with van der Waals surface area (Å²) in [5.74, 6) is 2.48. The third kappa shape index (κ3) is 19.4. The van der Waals surface area contributed by atoms with Gasteiger partial charge in [-0.2, -0.15) is 105 Å². The molecule has 5 aromatic carbocycles. The molecule has 0 saturated carbocycles. The normalized spacial score (nSPS) is 12.8. The smallest absolute Gasteiger partial charge is 0.774 e. The molecule has 0 fully saturated rings. The van der Waals surface area contributed by atoms with Crippen LogP contribution in [0.2, 0.25) is 0 Å². The summed E-state index contributed by atoms with van der Waals surface area (Å²) >= 11 is 26.1. The summed E-state index contributed by atoms with van der Waals surface area (Å²) in [4.78, 5) is 0. The molecule has 0 amide bonds. The average molecular weight is 1350 g/mol. The predicted octanol–water partition coefficient (Wildman–Crippen LogP) is 14.8. The van der Waals surface area contributed by atoms with Gasteiger partial charge < -0.3 is 74.6 Å². The molecule has 0 aliphatic heterocycles. The number of hydrogen-bond acceptors (Lipinski definition) is 13. The molecule has 0 radical (unpaired) electrons. The molecule has 0 aliphatic rings. The maximum atomic E-state index is 14.2. The number of phenolic OH excluding ortho intramolecular Hbond substituents is 1. The average Bonchev–Trinajstić information content (AvgIpc) is 3.31. The topological polar surface area (TPSA) is 57.2 Å². The van der Waals surface area contributed by atoms with Gasteiger partial charge in [-0.15, -0.1) is 11.8 Å². The monoisotopic (exact) mass is 1350 g/mol. The first-order valence-corrected chi connectivity index (χ1v) is 25.5. The Labute approximate surface area is 460 Å². The standard InChI is InChI=1S/C28H23F9O3S4.C18H17F3O2S4.Pt/c29-26(30,31)19-5-11-22(12-6-19)40-14-16-44-24(42)23(41)43-15-13-39-21-9-3-18(4-10-21)25(27(32,33)34,28(35,36)37)17-1-7-20(38)8-2-17;19-18(20,21)13-6-8-15(9-7-13)22-10-11-26-16(24)17(25)27-12-23-14-4-2-1-3-5-14;/h1-12,38,41-42H,13-16H2;1-9,24-25H,10-12H2;/q;;+4/p-4/b24-23-;17-16-;. The summed E-state index contributed by atoms with van der Waals surface area (Å²) in [6.07, 6.45) is -20.3. The number of aromatic hydroxyl groups is 1. The molecule has 0 heterocycles. The third-order valence-electron chi connectivity index (χ3n) is 9.05. The number of benzene rings is 5. The van der Waals surface area contributed by atoms with E-state index in [4.69, 9.17) is 69.5 Å². The van der Waals surface area contributed by atoms with Gasteiger partial charge in [0.25, 0.3) is 0 Å². The van der Waals surface area contributed by atoms with Crippen LogP contribution < -0.4 is 18.9 Å². The molecule has 0 aromatic heterocycles. The van der Waals surface area contributed by atoms with Crippen LogP contribution in [-0.4, -0.2) is 60.5 Å². The van der Waals surface area contributed by atoms with Gasteiger partial charge in [0.1, 0.15) is 34.7 Å². The second-order valence-electron chi connectivity index (χ2n) is 13.8. The maximum Gasteiger partial charge on any atom is 4.00 e. The zero-order chi connectivity index (χ0) is 52.5. The zero-order valence-electron chi connectivity index (χ0n) is 36.3. The van der Waals surface area contributed by atoms with Crippen molar-refractivity contribution in [2.75, 3.05) is 43.0 Å². The minimum absolute atomic E-state index is 0. The molecule has 392 valence electrons. The largest absolute Gasteiger partial charge is 4.00 e. The van der Waals surface area contributed by atoms with Gasteiger partial charge in [-0.1, -0.05) is 42.5 Å². The van der Waals surface area contributed by atoms with E-state index >= 15 is 0 Å². The van der Waals surface area contributed by atoms with Crippen LogP contribution in [-0.2, 0) is 89.3 Å². The molecule has 26 heteroatoms. The van der Waals surface area contributed by atoms with Crippen molar-refractivity contribution in [2.24, 2.45) is 0 Å². The summed E-state index contributed by atoms with van der Waals surface area (Å²) in [6, 6.07) is 24.3. The van der Waals surface area contributed by atoms with Crippen molar-refractivity contribution in [3.05, 3.63) is 167 Å². The van der Waals surface area contributed by atoms with Crippen molar-refractivity contribution in [2.45, 2.75) is 30.1 Å². The molecule has 5 aromatic rings. The Morgan fingerprint density at radius 3 is 1.00 bits per heavy atom. The minimum atomic E-state index is -5.76. The summed E-state index contributed by atoms with van der Waals surface area (Å²) < 4.78 is 184. The predicted molar refractivity (Wildman–Crippen MR) is 267 cm³/mol. The number of ether oxygens (including phenoxy) is 4. The molecule has 0 spiro atoms. The number of phenols is 1. The molecule has 0 bridgehead atoms. The van der Waals surface area contributed by atoms with Crippen molar-refractivity contribution in [1.29, 1.82) is 0 Å². The fourth-order valence-electron chi connectivity index (χ4n) is 5.76. The van der Waals surface area contributed by atoms with Crippen molar-refractivity contribution in [3.8, 4) is 28.7 Å². The minimum Gasteiger partial charge on any atom is -0.774 e. The Hall–Kier alpha value is -3.29. The molecule has 72 heavy (non-hydrogen) atoms. The Morgan fingerprint density at radius 1 is 0.389 bits per heavy atom. The molecule has 0 saturated heterocycles. The van der Waals surface area contributed by atoms with Crippen LogP contribution in [0.3, 0.4) is 0 Å². The maximum absolute atomic E-state index is 14.2. The first kappa shape index (κ1) is 63.0. The molecule has 0 unspecified atom stereocenters. The summed E-state index contributed by atoms with van der Waals surface area (Å²) in [5, 5.41) is 9.39. The van der Waals surface area contributed by atoms with Gasteiger partial charge >= 0.3 is 45.8 Å². The van der Waals surface area contributed by atoms with Crippen molar-refractivity contribution < 1.29 is 97.8 Å². The molecular weight excluding hydrogens is 1310 g/mol. The van der Waals surface area contributed by atoms with E-state index in [1.54, 1.807) is 0 Å². The molecular formula is C46H36F12O5PtS8. The Morgan fingerprint density at radius 2 is 0.681 bits per heavy atom. The van der Waals surface area contributed by atoms with Crippen LogP contribution in [0.1, 0.15) is 22.3 Å². The zero-order valence-corrected chi connectivity index (χ0v) is 45.1. The van der Waals surface area contributed by atoms with Crippen molar-refractivity contribution in [3.63, 3.8) is 0 Å². The Balaban J connectivity index is 0.000000419. The fraction of sp³-hybridized carbons (Fsp3) is 0.261. The first-order valence-electron chi connectivity index (χ1n) is 19.9. The number of hydrogen-bond donors (Lipinski definition) is 1. The molecule has 0 atom stereocenters. The van der Waals surface area contributed by atoms with E-state index in [0.717, 1.165) is 66.0 Å². The van der Waals surface area contributed by atoms with Gasteiger partial charge in [0.2, 0.25) is 5.41 Å². The molecule has 0 aliphatic carbocycles. The van der Waals surface area contributed by atoms with Crippen LogP contribution in [0.25, 0.3) is 0 Å². The second kappa shape index (κ2) is 29.1. The first-order chi connectivity index (χ1) is 33.3. The van der Waals surface area contributed by atoms with Gasteiger partial charge in [0, 0.05) is 17.3 Å². The molecule has 5 nitrogen and oxygen atoms in total. The van der Waals surface area contributed by atoms with E-state index in [1.807, 2.05) is 30.3 Å². The van der Waals surface area contributed by atoms with E-state index < -0.39 is 58.1 Å². The van der Waals surface area contributed by atoms with Gasteiger partial charge in [-0.25, -0.2) is 0 Å². The van der Waals surface area contributed by atoms with E-state index in [2.05, 4.69) is 0 Å². The molecule has 5 rings (SSSR count). The van der Waals surface area contributed by atoms with Gasteiger partial charge in [0.05, 0.1) is 30.9 Å². The van der Waals surface area contributed by atoms with Gasteiger partial charge in [-0.05, 0) is 96.1 Å². The van der Waals surface area contributed by atoms with E-state index in [9.17, 15) is 57.8 Å². The number of rotatable bonds is 21. The van der Waals surface area contributed by atoms with Crippen LogP contribution in [0, 0.1) is 0 Å². The van der Waals surface area contributed by atoms with Crippen LogP contribution in [0.15, 0.2) is 144 Å². The second-order valence-corrected chi connectivity index (χ2v) is 20.7. The van der Waals surface area contributed by atoms with E-state index in [1.165, 1.54) is 59.6 Å². The van der Waals surface area contributed by atoms with Gasteiger partial charge in [-0.3, -0.25) is 0 Å². The third-order valence-corrected chi connectivity index (χ3v) is 15.5. The number of alkyl halides is 12. The number of thioether (sulfide) groups is 4. The van der Waals surface area contributed by atoms with Crippen molar-refractivity contribution >= 4 is 97.6 Å². The summed E-state index contributed by atoms with van der Waals surface area (Å²) in [5.41, 5.74) is -8.01. The van der Waals surface area contributed by atoms with Crippen LogP contribution in [0.5, 0.6) is 28.7 Å². The fourth-order valence-corrected chi connectivity index (χ4v) is 9.90. The Kier molecular flexibility index (Phi) is 25.5. The quantitative estimate of drug-likeness (QED) is 0.0329. The SMILES string of the molecule is FC(F)(F)c1ccc(OCCS/C([S-])=C(/[S-])SCOc2ccccc2)cc1.Oc1ccc(C(c2ccc(OCCS/C([S-])=C(/[S-])SCCOc3ccc(C(F)(F)F)cc3)cc2)(C(F)(F)F)C(F)(F)F)cc1.[Pt+4]. The summed E-state index contributed by atoms with van der Waals surface area (Å²) in [7, 11) is 0. The van der Waals surface area contributed by atoms with Crippen LogP contribution in [0.4, 0.5) is 52.7 Å².